The van der Waals surface area contributed by atoms with E-state index in [0.717, 1.165) is 16.8 Å². The van der Waals surface area contributed by atoms with Crippen LogP contribution in [0.2, 0.25) is 0 Å². The third-order valence-electron chi connectivity index (χ3n) is 5.86. The van der Waals surface area contributed by atoms with Crippen LogP contribution in [0.3, 0.4) is 0 Å². The van der Waals surface area contributed by atoms with Crippen molar-refractivity contribution in [1.29, 1.82) is 0 Å². The number of hydrogen-bond donors (Lipinski definition) is 0. The summed E-state index contributed by atoms with van der Waals surface area (Å²) in [6, 6.07) is 14.1. The first-order valence-electron chi connectivity index (χ1n) is 11.6. The molecule has 4 aromatic rings. The summed E-state index contributed by atoms with van der Waals surface area (Å²) in [5.74, 6) is -5.81. The van der Waals surface area contributed by atoms with Crippen LogP contribution < -0.4 is 4.74 Å². The van der Waals surface area contributed by atoms with Gasteiger partial charge in [-0.2, -0.15) is 5.10 Å². The van der Waals surface area contributed by atoms with Crippen molar-refractivity contribution in [1.82, 2.24) is 5.01 Å². The number of carbonyl (C=O) groups is 2. The number of para-hydroxylation sites is 1. The Morgan fingerprint density at radius 2 is 1.68 bits per heavy atom. The Balaban J connectivity index is 1.52. The maximum absolute atomic E-state index is 14.6. The zero-order valence-corrected chi connectivity index (χ0v) is 21.4. The topological polar surface area (TPSA) is 81.3 Å². The number of thioether (sulfide) groups is 1. The average molecular weight is 571 g/mol. The molecule has 204 valence electrons. The monoisotopic (exact) mass is 570 g/mol. The minimum Gasteiger partial charge on any atom is -0.485 e. The molecule has 2 heterocycles. The third-order valence-corrected chi connectivity index (χ3v) is 7.08. The minimum atomic E-state index is -1.39. The second-order valence-corrected chi connectivity index (χ2v) is 9.42. The lowest BCUT2D eigenvalue weighted by atomic mass is 10.1. The number of benzene rings is 3. The summed E-state index contributed by atoms with van der Waals surface area (Å²) >= 11 is 1.05. The molecule has 0 radical (unpaired) electrons. The third kappa shape index (κ3) is 5.30. The summed E-state index contributed by atoms with van der Waals surface area (Å²) in [6.07, 6.45) is 1.30. The fraction of sp³-hybridized carbons (Fsp3) is 0.107. The van der Waals surface area contributed by atoms with E-state index in [2.05, 4.69) is 5.10 Å². The molecule has 1 amide bonds. The Morgan fingerprint density at radius 1 is 0.975 bits per heavy atom. The van der Waals surface area contributed by atoms with Crippen LogP contribution in [0.4, 0.5) is 17.6 Å². The fourth-order valence-electron chi connectivity index (χ4n) is 3.96. The maximum Gasteiger partial charge on any atom is 0.341 e. The average Bonchev–Trinajstić information content (AvgIpc) is 3.59. The number of ether oxygens (including phenoxy) is 2. The standard InChI is InChI=1S/C28H18F4N2O5S/c1-37-28(36)19-10-11-38-23(19)14-39-22-5-3-2-4-18(22)27-34(26(35)24-20(31)12-17(30)13-21(24)32)33-25(40-27)15-6-8-16(29)9-7-15/h2-13,27H,14H2,1H3. The number of furan rings is 1. The van der Waals surface area contributed by atoms with Crippen LogP contribution in [-0.4, -0.2) is 29.0 Å². The molecule has 0 saturated heterocycles. The summed E-state index contributed by atoms with van der Waals surface area (Å²) in [4.78, 5) is 25.5. The molecule has 5 rings (SSSR count). The van der Waals surface area contributed by atoms with Crippen molar-refractivity contribution in [2.75, 3.05) is 7.11 Å². The van der Waals surface area contributed by atoms with Crippen molar-refractivity contribution in [3.8, 4) is 5.75 Å². The fourth-order valence-corrected chi connectivity index (χ4v) is 5.14. The summed E-state index contributed by atoms with van der Waals surface area (Å²) in [5, 5.41) is 4.43. The molecule has 1 unspecified atom stereocenters. The van der Waals surface area contributed by atoms with Crippen LogP contribution in [0.15, 0.2) is 82.5 Å². The van der Waals surface area contributed by atoms with E-state index in [4.69, 9.17) is 13.9 Å². The van der Waals surface area contributed by atoms with Crippen molar-refractivity contribution in [3.05, 3.63) is 124 Å². The van der Waals surface area contributed by atoms with Crippen molar-refractivity contribution in [3.63, 3.8) is 0 Å². The van der Waals surface area contributed by atoms with Gasteiger partial charge >= 0.3 is 5.97 Å². The molecule has 0 saturated carbocycles. The van der Waals surface area contributed by atoms with Crippen molar-refractivity contribution in [2.24, 2.45) is 5.10 Å². The highest BCUT2D eigenvalue weighted by molar-refractivity contribution is 8.14. The number of hydrogen-bond acceptors (Lipinski definition) is 7. The molecular weight excluding hydrogens is 552 g/mol. The lowest BCUT2D eigenvalue weighted by molar-refractivity contribution is 0.0594. The second kappa shape index (κ2) is 11.3. The number of hydrazone groups is 1. The van der Waals surface area contributed by atoms with Gasteiger partial charge in [0, 0.05) is 23.3 Å². The molecule has 0 aliphatic carbocycles. The van der Waals surface area contributed by atoms with Crippen LogP contribution in [0.25, 0.3) is 0 Å². The van der Waals surface area contributed by atoms with E-state index < -0.39 is 46.1 Å². The molecule has 7 nitrogen and oxygen atoms in total. The Labute approximate surface area is 229 Å². The first kappa shape index (κ1) is 27.0. The molecule has 3 aromatic carbocycles. The Morgan fingerprint density at radius 3 is 2.38 bits per heavy atom. The molecule has 1 aliphatic heterocycles. The highest BCUT2D eigenvalue weighted by atomic mass is 32.2. The van der Waals surface area contributed by atoms with Crippen molar-refractivity contribution >= 4 is 28.7 Å². The highest BCUT2D eigenvalue weighted by Gasteiger charge is 2.38. The molecule has 1 atom stereocenters. The van der Waals surface area contributed by atoms with Gasteiger partial charge in [0.15, 0.2) is 5.76 Å². The summed E-state index contributed by atoms with van der Waals surface area (Å²) in [6.45, 7) is -0.188. The number of methoxy groups -OCH3 is 1. The Kier molecular flexibility index (Phi) is 7.60. The molecule has 0 N–H and O–H groups in total. The van der Waals surface area contributed by atoms with Crippen LogP contribution >= 0.6 is 11.8 Å². The normalized spacial score (nSPS) is 14.7. The van der Waals surface area contributed by atoms with E-state index in [-0.39, 0.29) is 28.7 Å². The molecule has 0 spiro atoms. The summed E-state index contributed by atoms with van der Waals surface area (Å²) < 4.78 is 72.3. The van der Waals surface area contributed by atoms with Gasteiger partial charge < -0.3 is 13.9 Å². The van der Waals surface area contributed by atoms with Gasteiger partial charge in [-0.05, 0) is 36.4 Å². The van der Waals surface area contributed by atoms with E-state index >= 15 is 0 Å². The van der Waals surface area contributed by atoms with Crippen LogP contribution in [0, 0.1) is 23.3 Å². The molecule has 40 heavy (non-hydrogen) atoms. The predicted octanol–water partition coefficient (Wildman–Crippen LogP) is 6.45. The number of amides is 1. The van der Waals surface area contributed by atoms with Gasteiger partial charge in [-0.1, -0.05) is 30.0 Å². The van der Waals surface area contributed by atoms with E-state index in [1.54, 1.807) is 24.3 Å². The molecule has 0 bridgehead atoms. The van der Waals surface area contributed by atoms with E-state index in [0.29, 0.717) is 23.3 Å². The van der Waals surface area contributed by atoms with Gasteiger partial charge in [0.05, 0.1) is 13.4 Å². The van der Waals surface area contributed by atoms with Crippen LogP contribution in [-0.2, 0) is 11.3 Å². The summed E-state index contributed by atoms with van der Waals surface area (Å²) in [7, 11) is 1.23. The highest BCUT2D eigenvalue weighted by Crippen LogP contribution is 2.45. The first-order valence-corrected chi connectivity index (χ1v) is 12.5. The first-order chi connectivity index (χ1) is 19.3. The maximum atomic E-state index is 14.6. The van der Waals surface area contributed by atoms with Crippen LogP contribution in [0.5, 0.6) is 5.75 Å². The van der Waals surface area contributed by atoms with Gasteiger partial charge in [0.1, 0.15) is 57.2 Å². The summed E-state index contributed by atoms with van der Waals surface area (Å²) in [5.41, 5.74) is 0.00305. The number of esters is 1. The smallest absolute Gasteiger partial charge is 0.341 e. The Bertz CT molecular complexity index is 1600. The van der Waals surface area contributed by atoms with Gasteiger partial charge in [0.25, 0.3) is 5.91 Å². The van der Waals surface area contributed by atoms with Crippen molar-refractivity contribution < 1.29 is 41.0 Å². The van der Waals surface area contributed by atoms with Crippen LogP contribution in [0.1, 0.15) is 43.0 Å². The Hall–Kier alpha value is -4.58. The molecule has 0 fully saturated rings. The molecule has 1 aromatic heterocycles. The zero-order chi connectivity index (χ0) is 28.4. The van der Waals surface area contributed by atoms with E-state index in [9.17, 15) is 27.2 Å². The lowest BCUT2D eigenvalue weighted by Crippen LogP contribution is -2.28. The van der Waals surface area contributed by atoms with Gasteiger partial charge in [-0.3, -0.25) is 4.79 Å². The molecule has 1 aliphatic rings. The van der Waals surface area contributed by atoms with E-state index in [1.807, 2.05) is 0 Å². The predicted molar refractivity (Wildman–Crippen MR) is 137 cm³/mol. The quantitative estimate of drug-likeness (QED) is 0.188. The number of carbonyl (C=O) groups excluding carboxylic acids is 2. The number of nitrogens with zero attached hydrogens (tertiary/aromatic N) is 2. The largest absolute Gasteiger partial charge is 0.485 e. The van der Waals surface area contributed by atoms with Gasteiger partial charge in [0.2, 0.25) is 0 Å². The number of halogens is 4. The second-order valence-electron chi connectivity index (χ2n) is 8.35. The van der Waals surface area contributed by atoms with Gasteiger partial charge in [-0.15, -0.1) is 0 Å². The van der Waals surface area contributed by atoms with E-state index in [1.165, 1.54) is 43.7 Å². The zero-order valence-electron chi connectivity index (χ0n) is 20.6. The number of rotatable bonds is 7. The van der Waals surface area contributed by atoms with Gasteiger partial charge in [-0.25, -0.2) is 27.4 Å². The minimum absolute atomic E-state index is 0.163. The van der Waals surface area contributed by atoms with Crippen molar-refractivity contribution in [2.45, 2.75) is 12.0 Å². The lowest BCUT2D eigenvalue weighted by Gasteiger charge is -2.23. The molecular formula is C28H18F4N2O5S. The molecule has 12 heteroatoms. The SMILES string of the molecule is COC(=O)c1ccoc1COc1ccccc1C1SC(c2ccc(F)cc2)=NN1C(=O)c1c(F)cc(F)cc1F.